The number of ether oxygens (including phenoxy) is 1. The first-order valence-electron chi connectivity index (χ1n) is 6.17. The maximum atomic E-state index is 12.5. The van der Waals surface area contributed by atoms with E-state index in [1.807, 2.05) is 30.5 Å². The summed E-state index contributed by atoms with van der Waals surface area (Å²) < 4.78 is 6.92. The van der Waals surface area contributed by atoms with Gasteiger partial charge in [0.25, 0.3) is 5.91 Å². The third kappa shape index (κ3) is 2.48. The minimum absolute atomic E-state index is 0.186. The number of hydrogen-bond acceptors (Lipinski definition) is 4. The van der Waals surface area contributed by atoms with Crippen LogP contribution in [0.2, 0.25) is 5.15 Å². The number of hydrogen-bond donors (Lipinski definition) is 1. The molecule has 0 aliphatic rings. The summed E-state index contributed by atoms with van der Waals surface area (Å²) >= 11 is 7.48. The number of amides is 1. The highest BCUT2D eigenvalue weighted by Gasteiger charge is 2.20. The van der Waals surface area contributed by atoms with E-state index < -0.39 is 0 Å². The van der Waals surface area contributed by atoms with Crippen molar-refractivity contribution < 1.29 is 9.53 Å². The molecule has 7 heteroatoms. The molecule has 1 N–H and O–H groups in total. The highest BCUT2D eigenvalue weighted by molar-refractivity contribution is 7.15. The first-order chi connectivity index (χ1) is 10.1. The lowest BCUT2D eigenvalue weighted by atomic mass is 10.2. The maximum absolute atomic E-state index is 12.5. The number of nitrogens with one attached hydrogen (secondary N) is 1. The summed E-state index contributed by atoms with van der Waals surface area (Å²) in [7, 11) is 1.56. The normalized spacial score (nSPS) is 10.8. The Bertz CT molecular complexity index is 825. The van der Waals surface area contributed by atoms with Crippen LogP contribution in [-0.2, 0) is 0 Å². The van der Waals surface area contributed by atoms with Gasteiger partial charge in [-0.2, -0.15) is 0 Å². The first-order valence-corrected chi connectivity index (χ1v) is 7.43. The summed E-state index contributed by atoms with van der Waals surface area (Å²) in [5, 5.41) is 4.86. The van der Waals surface area contributed by atoms with Crippen LogP contribution < -0.4 is 10.1 Å². The van der Waals surface area contributed by atoms with Crippen LogP contribution in [0.4, 0.5) is 5.69 Å². The quantitative estimate of drug-likeness (QED) is 0.801. The molecule has 3 rings (SSSR count). The van der Waals surface area contributed by atoms with Gasteiger partial charge in [0, 0.05) is 11.6 Å². The maximum Gasteiger partial charge on any atom is 0.276 e. The monoisotopic (exact) mass is 321 g/mol. The van der Waals surface area contributed by atoms with E-state index in [4.69, 9.17) is 16.3 Å². The van der Waals surface area contributed by atoms with Crippen molar-refractivity contribution >= 4 is 39.5 Å². The van der Waals surface area contributed by atoms with Crippen LogP contribution in [0, 0.1) is 6.92 Å². The molecule has 0 aliphatic carbocycles. The van der Waals surface area contributed by atoms with E-state index in [1.165, 1.54) is 11.3 Å². The molecule has 0 saturated carbocycles. The van der Waals surface area contributed by atoms with Crippen LogP contribution in [-0.4, -0.2) is 22.4 Å². The number of carbonyl (C=O) groups excluding carboxylic acids is 1. The van der Waals surface area contributed by atoms with Crippen LogP contribution in [0.15, 0.2) is 29.8 Å². The molecule has 0 saturated heterocycles. The van der Waals surface area contributed by atoms with E-state index in [2.05, 4.69) is 10.3 Å². The second kappa shape index (κ2) is 5.38. The number of methoxy groups -OCH3 is 1. The number of imidazole rings is 1. The molecule has 108 valence electrons. The predicted octanol–water partition coefficient (Wildman–Crippen LogP) is 3.62. The molecule has 2 heterocycles. The Morgan fingerprint density at radius 3 is 3.05 bits per heavy atom. The predicted molar refractivity (Wildman–Crippen MR) is 83.8 cm³/mol. The van der Waals surface area contributed by atoms with Crippen molar-refractivity contribution in [1.29, 1.82) is 0 Å². The zero-order valence-electron chi connectivity index (χ0n) is 11.4. The zero-order valence-corrected chi connectivity index (χ0v) is 13.0. The minimum atomic E-state index is -0.324. The molecule has 3 aromatic rings. The first kappa shape index (κ1) is 13.9. The summed E-state index contributed by atoms with van der Waals surface area (Å²) in [6.45, 7) is 1.94. The molecule has 21 heavy (non-hydrogen) atoms. The van der Waals surface area contributed by atoms with Crippen LogP contribution >= 0.6 is 22.9 Å². The molecule has 0 unspecified atom stereocenters. The van der Waals surface area contributed by atoms with E-state index >= 15 is 0 Å². The van der Waals surface area contributed by atoms with Gasteiger partial charge >= 0.3 is 0 Å². The van der Waals surface area contributed by atoms with Gasteiger partial charge in [-0.15, -0.1) is 11.3 Å². The molecule has 0 atom stereocenters. The van der Waals surface area contributed by atoms with E-state index in [0.29, 0.717) is 22.1 Å². The molecule has 1 amide bonds. The van der Waals surface area contributed by atoms with Crippen molar-refractivity contribution in [2.24, 2.45) is 0 Å². The zero-order chi connectivity index (χ0) is 15.0. The lowest BCUT2D eigenvalue weighted by molar-refractivity contribution is 0.102. The SMILES string of the molecule is COc1ccc(C)cc1NC(=O)c1c(Cl)nc2sccn12. The number of benzene rings is 1. The second-order valence-corrected chi connectivity index (χ2v) is 5.70. The molecule has 1 aromatic carbocycles. The molecule has 2 aromatic heterocycles. The Morgan fingerprint density at radius 1 is 1.48 bits per heavy atom. The van der Waals surface area contributed by atoms with Gasteiger partial charge in [-0.3, -0.25) is 9.20 Å². The van der Waals surface area contributed by atoms with Crippen molar-refractivity contribution in [3.63, 3.8) is 0 Å². The van der Waals surface area contributed by atoms with E-state index in [1.54, 1.807) is 17.7 Å². The summed E-state index contributed by atoms with van der Waals surface area (Å²) in [4.78, 5) is 17.3. The Balaban J connectivity index is 1.98. The fraction of sp³-hybridized carbons (Fsp3) is 0.143. The Hall–Kier alpha value is -2.05. The summed E-state index contributed by atoms with van der Waals surface area (Å²) in [6, 6.07) is 5.57. The standard InChI is InChI=1S/C14H12ClN3O2S/c1-8-3-4-10(20-2)9(7-8)16-13(19)11-12(15)17-14-18(11)5-6-21-14/h3-7H,1-2H3,(H,16,19). The molecule has 0 fully saturated rings. The smallest absolute Gasteiger partial charge is 0.276 e. The van der Waals surface area contributed by atoms with Gasteiger partial charge in [0.1, 0.15) is 5.75 Å². The van der Waals surface area contributed by atoms with Gasteiger partial charge in [0.2, 0.25) is 0 Å². The molecule has 0 aliphatic heterocycles. The van der Waals surface area contributed by atoms with Gasteiger partial charge in [-0.05, 0) is 24.6 Å². The fourth-order valence-electron chi connectivity index (χ4n) is 2.06. The molecular formula is C14H12ClN3O2S. The summed E-state index contributed by atoms with van der Waals surface area (Å²) in [5.41, 5.74) is 1.94. The van der Waals surface area contributed by atoms with Crippen LogP contribution in [0.5, 0.6) is 5.75 Å². The molecule has 0 spiro atoms. The lowest BCUT2D eigenvalue weighted by Gasteiger charge is -2.10. The van der Waals surface area contributed by atoms with Gasteiger partial charge in [-0.25, -0.2) is 4.98 Å². The number of carbonyl (C=O) groups is 1. The molecule has 0 bridgehead atoms. The van der Waals surface area contributed by atoms with Gasteiger partial charge in [0.15, 0.2) is 15.8 Å². The van der Waals surface area contributed by atoms with E-state index in [0.717, 1.165) is 5.56 Å². The highest BCUT2D eigenvalue weighted by atomic mass is 35.5. The van der Waals surface area contributed by atoms with E-state index in [9.17, 15) is 4.79 Å². The number of halogens is 1. The lowest BCUT2D eigenvalue weighted by Crippen LogP contribution is -2.15. The highest BCUT2D eigenvalue weighted by Crippen LogP contribution is 2.27. The van der Waals surface area contributed by atoms with Gasteiger partial charge in [-0.1, -0.05) is 17.7 Å². The molecule has 0 radical (unpaired) electrons. The van der Waals surface area contributed by atoms with Crippen LogP contribution in [0.1, 0.15) is 16.1 Å². The van der Waals surface area contributed by atoms with Crippen molar-refractivity contribution in [3.05, 3.63) is 46.2 Å². The topological polar surface area (TPSA) is 55.6 Å². The van der Waals surface area contributed by atoms with Crippen molar-refractivity contribution in [3.8, 4) is 5.75 Å². The van der Waals surface area contributed by atoms with E-state index in [-0.39, 0.29) is 11.1 Å². The third-order valence-electron chi connectivity index (χ3n) is 3.04. The fourth-order valence-corrected chi connectivity index (χ4v) is 3.08. The number of aryl methyl sites for hydroxylation is 1. The number of nitrogens with zero attached hydrogens (tertiary/aromatic N) is 2. The van der Waals surface area contributed by atoms with Gasteiger partial charge in [0.05, 0.1) is 12.8 Å². The Kier molecular flexibility index (Phi) is 3.57. The average Bonchev–Trinajstić information content (AvgIpc) is 2.98. The number of anilines is 1. The van der Waals surface area contributed by atoms with Crippen molar-refractivity contribution in [1.82, 2.24) is 9.38 Å². The van der Waals surface area contributed by atoms with Crippen molar-refractivity contribution in [2.45, 2.75) is 6.92 Å². The number of aromatic nitrogens is 2. The third-order valence-corrected chi connectivity index (χ3v) is 4.06. The second-order valence-electron chi connectivity index (χ2n) is 4.46. The average molecular weight is 322 g/mol. The van der Waals surface area contributed by atoms with Crippen molar-refractivity contribution in [2.75, 3.05) is 12.4 Å². The largest absolute Gasteiger partial charge is 0.495 e. The van der Waals surface area contributed by atoms with Gasteiger partial charge < -0.3 is 10.1 Å². The summed E-state index contributed by atoms with van der Waals surface area (Å²) in [5.74, 6) is 0.269. The Morgan fingerprint density at radius 2 is 2.29 bits per heavy atom. The molecule has 5 nitrogen and oxygen atoms in total. The number of thiazole rings is 1. The minimum Gasteiger partial charge on any atom is -0.495 e. The summed E-state index contributed by atoms with van der Waals surface area (Å²) in [6.07, 6.45) is 1.77. The molecular weight excluding hydrogens is 310 g/mol. The van der Waals surface area contributed by atoms with Crippen LogP contribution in [0.3, 0.4) is 0 Å². The number of fused-ring (bicyclic) bond motifs is 1. The van der Waals surface area contributed by atoms with Crippen LogP contribution in [0.25, 0.3) is 4.96 Å². The number of rotatable bonds is 3. The Labute approximate surface area is 130 Å².